The van der Waals surface area contributed by atoms with Crippen LogP contribution in [-0.4, -0.2) is 0 Å². The van der Waals surface area contributed by atoms with E-state index in [0.717, 1.165) is 5.92 Å². The van der Waals surface area contributed by atoms with Crippen molar-refractivity contribution in [3.8, 4) is 0 Å². The summed E-state index contributed by atoms with van der Waals surface area (Å²) in [5, 5.41) is 0. The van der Waals surface area contributed by atoms with Crippen LogP contribution in [0, 0.1) is 5.92 Å². The lowest BCUT2D eigenvalue weighted by Crippen LogP contribution is -2.14. The zero-order chi connectivity index (χ0) is 28.7. The summed E-state index contributed by atoms with van der Waals surface area (Å²) in [5.74, 6) is 3.17. The second-order valence-corrected chi connectivity index (χ2v) is 12.2. The zero-order valence-corrected chi connectivity index (χ0v) is 25.8. The standard InChI is InChI=1S/C41H52/c1-4-19-39(36-22-13-8-14-23-36)32-40(37-24-15-9-16-25-37)29-28-33(5-2)30-41(38-26-17-10-18-27-38)31-34(6-3)35-20-11-7-12-21-35/h7-18,20-27,33-34,39-41H,4-6,19,28-32H2,1-3H3. The summed E-state index contributed by atoms with van der Waals surface area (Å²) in [6, 6.07) is 45.2. The van der Waals surface area contributed by atoms with Crippen molar-refractivity contribution in [1.29, 1.82) is 0 Å². The van der Waals surface area contributed by atoms with Gasteiger partial charge in [-0.3, -0.25) is 0 Å². The average molecular weight is 545 g/mol. The zero-order valence-electron chi connectivity index (χ0n) is 25.8. The fourth-order valence-corrected chi connectivity index (χ4v) is 7.01. The van der Waals surface area contributed by atoms with E-state index in [1.54, 1.807) is 0 Å². The van der Waals surface area contributed by atoms with Crippen molar-refractivity contribution in [2.45, 2.75) is 102 Å². The Kier molecular flexibility index (Phi) is 12.8. The lowest BCUT2D eigenvalue weighted by molar-refractivity contribution is 0.343. The normalized spacial score (nSPS) is 15.1. The van der Waals surface area contributed by atoms with Crippen molar-refractivity contribution in [1.82, 2.24) is 0 Å². The van der Waals surface area contributed by atoms with Crippen LogP contribution in [0.5, 0.6) is 0 Å². The van der Waals surface area contributed by atoms with Gasteiger partial charge in [0.2, 0.25) is 0 Å². The van der Waals surface area contributed by atoms with E-state index in [-0.39, 0.29) is 0 Å². The van der Waals surface area contributed by atoms with E-state index >= 15 is 0 Å². The second-order valence-electron chi connectivity index (χ2n) is 12.2. The van der Waals surface area contributed by atoms with E-state index in [0.29, 0.717) is 23.7 Å². The van der Waals surface area contributed by atoms with Gasteiger partial charge in [-0.1, -0.05) is 155 Å². The molecule has 4 aromatic rings. The molecule has 0 spiro atoms. The summed E-state index contributed by atoms with van der Waals surface area (Å²) in [7, 11) is 0. The van der Waals surface area contributed by atoms with Crippen LogP contribution < -0.4 is 0 Å². The maximum absolute atomic E-state index is 2.42. The SMILES string of the molecule is CCCC(CC(CCC(CC)CC(CC(CC)c1ccccc1)c1ccccc1)c1ccccc1)c1ccccc1. The molecule has 0 aliphatic carbocycles. The summed E-state index contributed by atoms with van der Waals surface area (Å²) in [5.41, 5.74) is 6.05. The molecule has 0 bridgehead atoms. The van der Waals surface area contributed by atoms with Gasteiger partial charge in [-0.25, -0.2) is 0 Å². The van der Waals surface area contributed by atoms with Crippen molar-refractivity contribution < 1.29 is 0 Å². The number of hydrogen-bond donors (Lipinski definition) is 0. The molecule has 0 fully saturated rings. The second kappa shape index (κ2) is 17.0. The molecule has 0 aromatic heterocycles. The molecule has 0 amide bonds. The van der Waals surface area contributed by atoms with Crippen LogP contribution >= 0.6 is 0 Å². The molecule has 216 valence electrons. The molecule has 0 N–H and O–H groups in total. The van der Waals surface area contributed by atoms with Crippen LogP contribution in [-0.2, 0) is 0 Å². The van der Waals surface area contributed by atoms with E-state index in [4.69, 9.17) is 0 Å². The Bertz CT molecular complexity index is 1200. The minimum atomic E-state index is 0.596. The van der Waals surface area contributed by atoms with Gasteiger partial charge in [-0.15, -0.1) is 0 Å². The van der Waals surface area contributed by atoms with Crippen LogP contribution in [0.15, 0.2) is 121 Å². The first-order valence-corrected chi connectivity index (χ1v) is 16.4. The first-order valence-electron chi connectivity index (χ1n) is 16.4. The molecule has 4 aromatic carbocycles. The van der Waals surface area contributed by atoms with Gasteiger partial charge in [0, 0.05) is 0 Å². The Morgan fingerprint density at radius 1 is 0.366 bits per heavy atom. The van der Waals surface area contributed by atoms with E-state index in [2.05, 4.69) is 142 Å². The van der Waals surface area contributed by atoms with Crippen molar-refractivity contribution >= 4 is 0 Å². The highest BCUT2D eigenvalue weighted by molar-refractivity contribution is 5.25. The molecule has 0 nitrogen and oxygen atoms in total. The predicted molar refractivity (Wildman–Crippen MR) is 179 cm³/mol. The van der Waals surface area contributed by atoms with Crippen molar-refractivity contribution in [3.05, 3.63) is 144 Å². The Morgan fingerprint density at radius 3 is 1.17 bits per heavy atom. The highest BCUT2D eigenvalue weighted by Gasteiger charge is 2.24. The summed E-state index contributed by atoms with van der Waals surface area (Å²) >= 11 is 0. The maximum atomic E-state index is 2.42. The van der Waals surface area contributed by atoms with Gasteiger partial charge >= 0.3 is 0 Å². The predicted octanol–water partition coefficient (Wildman–Crippen LogP) is 12.3. The smallest absolute Gasteiger partial charge is 0.0154 e. The third-order valence-corrected chi connectivity index (χ3v) is 9.47. The van der Waals surface area contributed by atoms with Crippen LogP contribution in [0.25, 0.3) is 0 Å². The van der Waals surface area contributed by atoms with Gasteiger partial charge in [-0.05, 0) is 96.8 Å². The molecule has 5 unspecified atom stereocenters. The van der Waals surface area contributed by atoms with Gasteiger partial charge in [-0.2, -0.15) is 0 Å². The summed E-state index contributed by atoms with van der Waals surface area (Å²) < 4.78 is 0. The lowest BCUT2D eigenvalue weighted by Gasteiger charge is -2.29. The molecule has 0 heterocycles. The largest absolute Gasteiger partial charge is 0.0654 e. The van der Waals surface area contributed by atoms with E-state index in [9.17, 15) is 0 Å². The molecule has 4 rings (SSSR count). The molecule has 0 saturated heterocycles. The van der Waals surface area contributed by atoms with Crippen LogP contribution in [0.4, 0.5) is 0 Å². The molecular weight excluding hydrogens is 492 g/mol. The van der Waals surface area contributed by atoms with Gasteiger partial charge in [0.15, 0.2) is 0 Å². The maximum Gasteiger partial charge on any atom is -0.0154 e. The fourth-order valence-electron chi connectivity index (χ4n) is 7.01. The molecule has 41 heavy (non-hydrogen) atoms. The summed E-state index contributed by atoms with van der Waals surface area (Å²) in [6.07, 6.45) is 11.3. The molecule has 0 radical (unpaired) electrons. The van der Waals surface area contributed by atoms with Gasteiger partial charge in [0.25, 0.3) is 0 Å². The van der Waals surface area contributed by atoms with Crippen LogP contribution in [0.1, 0.15) is 124 Å². The highest BCUT2D eigenvalue weighted by atomic mass is 14.3. The molecule has 0 aliphatic heterocycles. The number of hydrogen-bond acceptors (Lipinski definition) is 0. The third-order valence-electron chi connectivity index (χ3n) is 9.47. The first kappa shape index (κ1) is 30.8. The minimum Gasteiger partial charge on any atom is -0.0654 e. The Morgan fingerprint density at radius 2 is 0.756 bits per heavy atom. The summed E-state index contributed by atoms with van der Waals surface area (Å²) in [6.45, 7) is 7.12. The molecule has 0 saturated carbocycles. The van der Waals surface area contributed by atoms with Crippen molar-refractivity contribution in [2.24, 2.45) is 5.92 Å². The molecule has 0 heteroatoms. The number of rotatable bonds is 17. The van der Waals surface area contributed by atoms with Crippen LogP contribution in [0.2, 0.25) is 0 Å². The first-order chi connectivity index (χ1) is 20.2. The monoisotopic (exact) mass is 544 g/mol. The molecule has 5 atom stereocenters. The van der Waals surface area contributed by atoms with E-state index in [1.165, 1.54) is 80.0 Å². The topological polar surface area (TPSA) is 0 Å². The van der Waals surface area contributed by atoms with Crippen molar-refractivity contribution in [2.75, 3.05) is 0 Å². The Balaban J connectivity index is 1.50. The van der Waals surface area contributed by atoms with Crippen molar-refractivity contribution in [3.63, 3.8) is 0 Å². The fraction of sp³-hybridized carbons (Fsp3) is 0.415. The summed E-state index contributed by atoms with van der Waals surface area (Å²) in [4.78, 5) is 0. The third kappa shape index (κ3) is 9.46. The van der Waals surface area contributed by atoms with Crippen LogP contribution in [0.3, 0.4) is 0 Å². The average Bonchev–Trinajstić information content (AvgIpc) is 3.05. The quantitative estimate of drug-likeness (QED) is 0.124. The highest BCUT2D eigenvalue weighted by Crippen LogP contribution is 2.40. The van der Waals surface area contributed by atoms with Gasteiger partial charge < -0.3 is 0 Å². The lowest BCUT2D eigenvalue weighted by atomic mass is 9.76. The minimum absolute atomic E-state index is 0.596. The van der Waals surface area contributed by atoms with E-state index < -0.39 is 0 Å². The molecular formula is C41H52. The Hall–Kier alpha value is -3.12. The van der Waals surface area contributed by atoms with E-state index in [1.807, 2.05) is 0 Å². The van der Waals surface area contributed by atoms with Gasteiger partial charge in [0.1, 0.15) is 0 Å². The Labute approximate surface area is 251 Å². The van der Waals surface area contributed by atoms with Gasteiger partial charge in [0.05, 0.1) is 0 Å². The number of benzene rings is 4. The molecule has 0 aliphatic rings.